The van der Waals surface area contributed by atoms with Crippen LogP contribution in [0.3, 0.4) is 0 Å². The number of carbonyl (C=O) groups is 2. The van der Waals surface area contributed by atoms with Crippen LogP contribution in [0.15, 0.2) is 54.6 Å². The van der Waals surface area contributed by atoms with Gasteiger partial charge in [-0.1, -0.05) is 75.1 Å². The Kier molecular flexibility index (Phi) is 14.6. The number of aliphatic carboxylic acids is 1. The van der Waals surface area contributed by atoms with Crippen LogP contribution >= 0.6 is 11.8 Å². The predicted octanol–water partition coefficient (Wildman–Crippen LogP) is 6.92. The molecule has 0 aliphatic heterocycles. The quantitative estimate of drug-likeness (QED) is 0.131. The number of allylic oxidation sites excluding steroid dienone is 1. The molecule has 0 amide bonds. The first-order valence-electron chi connectivity index (χ1n) is 13.5. The minimum Gasteiger partial charge on any atom is -0.496 e. The van der Waals surface area contributed by atoms with E-state index >= 15 is 0 Å². The van der Waals surface area contributed by atoms with Gasteiger partial charge in [0, 0.05) is 23.0 Å². The number of rotatable bonds is 19. The summed E-state index contributed by atoms with van der Waals surface area (Å²) < 4.78 is 5.39. The number of unbranched alkanes of at least 4 members (excludes halogenated alkanes) is 4. The number of thioether (sulfide) groups is 1. The molecule has 208 valence electrons. The number of aromatic carboxylic acids is 1. The molecule has 2 atom stereocenters. The van der Waals surface area contributed by atoms with Gasteiger partial charge >= 0.3 is 11.9 Å². The maximum atomic E-state index is 11.3. The average molecular weight is 543 g/mol. The van der Waals surface area contributed by atoms with Crippen molar-refractivity contribution in [3.8, 4) is 5.75 Å². The third-order valence-electron chi connectivity index (χ3n) is 6.51. The van der Waals surface area contributed by atoms with Crippen LogP contribution in [-0.4, -0.2) is 45.7 Å². The molecule has 0 heterocycles. The number of aryl methyl sites for hydroxylation is 1. The zero-order valence-corrected chi connectivity index (χ0v) is 23.4. The Morgan fingerprint density at radius 1 is 0.974 bits per heavy atom. The van der Waals surface area contributed by atoms with Crippen molar-refractivity contribution in [2.24, 2.45) is 0 Å². The van der Waals surface area contributed by atoms with E-state index in [-0.39, 0.29) is 17.2 Å². The highest BCUT2D eigenvalue weighted by Crippen LogP contribution is 2.30. The van der Waals surface area contributed by atoms with E-state index in [9.17, 15) is 19.8 Å². The van der Waals surface area contributed by atoms with Crippen LogP contribution in [0.4, 0.5) is 0 Å². The first-order chi connectivity index (χ1) is 18.3. The van der Waals surface area contributed by atoms with Crippen molar-refractivity contribution in [2.45, 2.75) is 88.2 Å². The maximum absolute atomic E-state index is 11.3. The summed E-state index contributed by atoms with van der Waals surface area (Å²) in [6, 6.07) is 13.5. The molecule has 0 spiro atoms. The Hall–Kier alpha value is -2.77. The second-order valence-electron chi connectivity index (χ2n) is 9.57. The zero-order chi connectivity index (χ0) is 27.8. The lowest BCUT2D eigenvalue weighted by molar-refractivity contribution is -0.137. The fourth-order valence-corrected chi connectivity index (χ4v) is 5.41. The summed E-state index contributed by atoms with van der Waals surface area (Å²) in [4.78, 5) is 22.2. The predicted molar refractivity (Wildman–Crippen MR) is 154 cm³/mol. The summed E-state index contributed by atoms with van der Waals surface area (Å²) >= 11 is 1.53. The third-order valence-corrected chi connectivity index (χ3v) is 7.84. The molecule has 0 aromatic heterocycles. The SMILES string of the molecule is CCCCCCCc1ccc(C/C=C\[C@@H](SCc2ccc(C(=O)O)cc2OC)[C@@H](O)CCCC(=O)O)cc1. The normalized spacial score (nSPS) is 12.9. The van der Waals surface area contributed by atoms with E-state index in [1.807, 2.05) is 6.08 Å². The largest absolute Gasteiger partial charge is 0.496 e. The van der Waals surface area contributed by atoms with Crippen molar-refractivity contribution in [2.75, 3.05) is 7.11 Å². The summed E-state index contributed by atoms with van der Waals surface area (Å²) in [5.41, 5.74) is 3.55. The summed E-state index contributed by atoms with van der Waals surface area (Å²) in [5.74, 6) is -0.881. The van der Waals surface area contributed by atoms with Crippen LogP contribution in [0.5, 0.6) is 5.75 Å². The van der Waals surface area contributed by atoms with Gasteiger partial charge in [-0.05, 0) is 55.4 Å². The topological polar surface area (TPSA) is 104 Å². The van der Waals surface area contributed by atoms with E-state index in [0.29, 0.717) is 24.3 Å². The van der Waals surface area contributed by atoms with E-state index in [2.05, 4.69) is 37.3 Å². The molecule has 0 aliphatic carbocycles. The van der Waals surface area contributed by atoms with E-state index in [0.717, 1.165) is 18.4 Å². The molecule has 2 aromatic rings. The lowest BCUT2D eigenvalue weighted by Crippen LogP contribution is -2.21. The third kappa shape index (κ3) is 11.7. The number of aliphatic hydroxyl groups excluding tert-OH is 1. The Morgan fingerprint density at radius 3 is 2.34 bits per heavy atom. The number of carboxylic acids is 2. The number of aliphatic hydroxyl groups is 1. The average Bonchev–Trinajstić information content (AvgIpc) is 2.90. The molecule has 0 saturated carbocycles. The molecule has 38 heavy (non-hydrogen) atoms. The van der Waals surface area contributed by atoms with Gasteiger partial charge in [0.1, 0.15) is 5.75 Å². The van der Waals surface area contributed by atoms with Crippen LogP contribution in [0.25, 0.3) is 0 Å². The van der Waals surface area contributed by atoms with E-state index in [4.69, 9.17) is 9.84 Å². The molecule has 0 radical (unpaired) electrons. The number of methoxy groups -OCH3 is 1. The summed E-state index contributed by atoms with van der Waals surface area (Å²) in [7, 11) is 1.50. The van der Waals surface area contributed by atoms with Gasteiger partial charge in [-0.2, -0.15) is 0 Å². The molecule has 0 unspecified atom stereocenters. The van der Waals surface area contributed by atoms with Gasteiger partial charge in [0.05, 0.1) is 18.8 Å². The Labute approximate surface area is 231 Å². The van der Waals surface area contributed by atoms with E-state index in [1.165, 1.54) is 68.2 Å². The highest BCUT2D eigenvalue weighted by atomic mass is 32.2. The lowest BCUT2D eigenvalue weighted by Gasteiger charge is -2.20. The fraction of sp³-hybridized carbons (Fsp3) is 0.484. The molecule has 3 N–H and O–H groups in total. The van der Waals surface area contributed by atoms with Gasteiger partial charge in [0.15, 0.2) is 0 Å². The van der Waals surface area contributed by atoms with Gasteiger partial charge in [-0.15, -0.1) is 11.8 Å². The molecule has 0 saturated heterocycles. The number of carboxylic acid groups (broad SMARTS) is 2. The Morgan fingerprint density at radius 2 is 1.68 bits per heavy atom. The number of hydrogen-bond donors (Lipinski definition) is 3. The standard InChI is InChI=1S/C31H42O6S/c1-3-4-5-6-7-10-23-15-17-24(18-16-23)11-8-13-29(27(32)12-9-14-30(33)34)38-22-26-20-19-25(31(35)36)21-28(26)37-2/h8,13,15-21,27,29,32H,3-7,9-12,14,22H2,1-2H3,(H,33,34)(H,35,36)/b13-8-/t27-,29+/m0/s1. The monoisotopic (exact) mass is 542 g/mol. The van der Waals surface area contributed by atoms with Gasteiger partial charge in [0.2, 0.25) is 0 Å². The molecule has 2 rings (SSSR count). The molecule has 7 heteroatoms. The Bertz CT molecular complexity index is 1020. The number of ether oxygens (including phenoxy) is 1. The first-order valence-corrected chi connectivity index (χ1v) is 14.5. The molecule has 2 aromatic carbocycles. The van der Waals surface area contributed by atoms with Gasteiger partial charge in [-0.3, -0.25) is 4.79 Å². The van der Waals surface area contributed by atoms with Crippen molar-refractivity contribution in [1.82, 2.24) is 0 Å². The zero-order valence-electron chi connectivity index (χ0n) is 22.6. The van der Waals surface area contributed by atoms with Gasteiger partial charge in [0.25, 0.3) is 0 Å². The van der Waals surface area contributed by atoms with E-state index < -0.39 is 18.0 Å². The summed E-state index contributed by atoms with van der Waals surface area (Å²) in [6.07, 6.45) is 12.4. The minimum absolute atomic E-state index is 0.0214. The molecule has 0 bridgehead atoms. The van der Waals surface area contributed by atoms with Crippen LogP contribution in [0.2, 0.25) is 0 Å². The molecule has 0 fully saturated rings. The van der Waals surface area contributed by atoms with E-state index in [1.54, 1.807) is 12.1 Å². The smallest absolute Gasteiger partial charge is 0.335 e. The second kappa shape index (κ2) is 17.7. The molecule has 0 aliphatic rings. The summed E-state index contributed by atoms with van der Waals surface area (Å²) in [6.45, 7) is 2.23. The van der Waals surface area contributed by atoms with Crippen LogP contribution in [0, 0.1) is 0 Å². The van der Waals surface area contributed by atoms with Crippen molar-refractivity contribution >= 4 is 23.7 Å². The number of benzene rings is 2. The van der Waals surface area contributed by atoms with Crippen molar-refractivity contribution in [1.29, 1.82) is 0 Å². The van der Waals surface area contributed by atoms with Crippen LogP contribution in [-0.2, 0) is 23.4 Å². The Balaban J connectivity index is 2.00. The molecular formula is C31H42O6S. The first kappa shape index (κ1) is 31.4. The van der Waals surface area contributed by atoms with Crippen molar-refractivity contribution in [3.05, 3.63) is 76.9 Å². The molecular weight excluding hydrogens is 500 g/mol. The van der Waals surface area contributed by atoms with Gasteiger partial charge in [-0.25, -0.2) is 4.79 Å². The highest BCUT2D eigenvalue weighted by molar-refractivity contribution is 7.99. The lowest BCUT2D eigenvalue weighted by atomic mass is 10.0. The van der Waals surface area contributed by atoms with Crippen LogP contribution in [0.1, 0.15) is 85.3 Å². The van der Waals surface area contributed by atoms with Crippen molar-refractivity contribution < 1.29 is 29.6 Å². The highest BCUT2D eigenvalue weighted by Gasteiger charge is 2.19. The maximum Gasteiger partial charge on any atom is 0.335 e. The summed E-state index contributed by atoms with van der Waals surface area (Å²) in [5, 5.41) is 28.8. The second-order valence-corrected chi connectivity index (χ2v) is 10.7. The van der Waals surface area contributed by atoms with Crippen molar-refractivity contribution in [3.63, 3.8) is 0 Å². The number of hydrogen-bond acceptors (Lipinski definition) is 5. The fourth-order valence-electron chi connectivity index (χ4n) is 4.22. The van der Waals surface area contributed by atoms with Crippen LogP contribution < -0.4 is 4.74 Å². The minimum atomic E-state index is -1.02. The van der Waals surface area contributed by atoms with Gasteiger partial charge < -0.3 is 20.1 Å². The molecule has 6 nitrogen and oxygen atoms in total.